The van der Waals surface area contributed by atoms with E-state index in [1.165, 1.54) is 23.5 Å². The molecule has 3 aromatic heterocycles. The molecule has 3 aromatic rings. The zero-order valence-electron chi connectivity index (χ0n) is 20.3. The van der Waals surface area contributed by atoms with E-state index >= 15 is 0 Å². The highest BCUT2D eigenvalue weighted by molar-refractivity contribution is 5.91. The predicted molar refractivity (Wildman–Crippen MR) is 128 cm³/mol. The average Bonchev–Trinajstić information content (AvgIpc) is 3.37. The van der Waals surface area contributed by atoms with E-state index < -0.39 is 6.17 Å². The number of aryl methyl sites for hydroxylation is 1. The Morgan fingerprint density at radius 1 is 1.11 bits per heavy atom. The summed E-state index contributed by atoms with van der Waals surface area (Å²) in [6.07, 6.45) is 4.99. The molecule has 1 amide bonds. The number of pyridine rings is 1. The van der Waals surface area contributed by atoms with Crippen molar-refractivity contribution in [1.82, 2.24) is 35.5 Å². The minimum Gasteiger partial charge on any atom is -0.381 e. The Kier molecular flexibility index (Phi) is 8.77. The van der Waals surface area contributed by atoms with Crippen LogP contribution in [0.4, 0.5) is 4.39 Å². The Hall–Kier alpha value is -3.60. The standard InChI is InChI=1S/C25H30FN7O3/c1-27-25(35)24-16-33(32-31-24)15-19(26)2-3-20-4-5-21(30-29-20)13-23(34)14-22-12-18(6-9-28-22)17-7-10-36-11-8-17/h4-6,9,12,16-17,19H,2-3,7-8,10-11,13-15H2,1H3,(H,27,35). The molecule has 11 heteroatoms. The van der Waals surface area contributed by atoms with Gasteiger partial charge in [0, 0.05) is 38.6 Å². The summed E-state index contributed by atoms with van der Waals surface area (Å²) >= 11 is 0. The number of hydrogen-bond donors (Lipinski definition) is 1. The topological polar surface area (TPSA) is 125 Å². The van der Waals surface area contributed by atoms with Gasteiger partial charge in [-0.2, -0.15) is 10.2 Å². The van der Waals surface area contributed by atoms with Gasteiger partial charge in [-0.1, -0.05) is 5.21 Å². The number of carbonyl (C=O) groups is 2. The number of carbonyl (C=O) groups excluding carboxylic acids is 2. The maximum absolute atomic E-state index is 14.4. The van der Waals surface area contributed by atoms with Crippen molar-refractivity contribution in [3.8, 4) is 0 Å². The maximum Gasteiger partial charge on any atom is 0.273 e. The van der Waals surface area contributed by atoms with Gasteiger partial charge in [0.25, 0.3) is 5.91 Å². The lowest BCUT2D eigenvalue weighted by atomic mass is 9.91. The fourth-order valence-electron chi connectivity index (χ4n) is 4.18. The summed E-state index contributed by atoms with van der Waals surface area (Å²) in [7, 11) is 1.49. The van der Waals surface area contributed by atoms with Crippen LogP contribution in [0.5, 0.6) is 0 Å². The second-order valence-electron chi connectivity index (χ2n) is 8.92. The van der Waals surface area contributed by atoms with Crippen molar-refractivity contribution in [2.75, 3.05) is 20.3 Å². The van der Waals surface area contributed by atoms with Crippen molar-refractivity contribution >= 4 is 11.7 Å². The number of halogens is 1. The molecule has 0 aliphatic carbocycles. The highest BCUT2D eigenvalue weighted by atomic mass is 19.1. The summed E-state index contributed by atoms with van der Waals surface area (Å²) in [5.74, 6) is 0.0981. The molecule has 1 unspecified atom stereocenters. The normalized spacial score (nSPS) is 14.9. The van der Waals surface area contributed by atoms with Gasteiger partial charge in [0.05, 0.1) is 30.6 Å². The van der Waals surface area contributed by atoms with Gasteiger partial charge in [-0.15, -0.1) is 5.10 Å². The second kappa shape index (κ2) is 12.4. The number of Topliss-reactive ketones (excluding diaryl/α,β-unsaturated/α-hetero) is 1. The van der Waals surface area contributed by atoms with Crippen LogP contribution in [0.2, 0.25) is 0 Å². The van der Waals surface area contributed by atoms with Gasteiger partial charge >= 0.3 is 0 Å². The smallest absolute Gasteiger partial charge is 0.273 e. The Balaban J connectivity index is 1.23. The van der Waals surface area contributed by atoms with E-state index in [0.29, 0.717) is 23.7 Å². The SMILES string of the molecule is CNC(=O)c1cn(CC(F)CCc2ccc(CC(=O)Cc3cc(C4CCOCC4)ccn3)nn2)nn1. The fraction of sp³-hybridized carbons (Fsp3) is 0.480. The van der Waals surface area contributed by atoms with Crippen molar-refractivity contribution in [3.05, 3.63) is 65.0 Å². The number of amides is 1. The van der Waals surface area contributed by atoms with Crippen LogP contribution < -0.4 is 5.32 Å². The summed E-state index contributed by atoms with van der Waals surface area (Å²) in [6.45, 7) is 1.53. The molecule has 1 saturated heterocycles. The Labute approximate surface area is 208 Å². The molecule has 1 atom stereocenters. The number of alkyl halides is 1. The molecule has 1 aliphatic heterocycles. The predicted octanol–water partition coefficient (Wildman–Crippen LogP) is 2.04. The third kappa shape index (κ3) is 7.20. The highest BCUT2D eigenvalue weighted by Gasteiger charge is 2.17. The molecule has 4 rings (SSSR count). The van der Waals surface area contributed by atoms with Crippen molar-refractivity contribution in [2.45, 2.75) is 57.2 Å². The Morgan fingerprint density at radius 3 is 2.61 bits per heavy atom. The third-order valence-electron chi connectivity index (χ3n) is 6.16. The summed E-state index contributed by atoms with van der Waals surface area (Å²) in [5, 5.41) is 18.2. The number of aromatic nitrogens is 6. The molecular weight excluding hydrogens is 465 g/mol. The van der Waals surface area contributed by atoms with Crippen molar-refractivity contribution in [3.63, 3.8) is 0 Å². The molecule has 1 fully saturated rings. The molecule has 10 nitrogen and oxygen atoms in total. The Morgan fingerprint density at radius 2 is 1.86 bits per heavy atom. The first-order valence-corrected chi connectivity index (χ1v) is 12.1. The maximum atomic E-state index is 14.4. The zero-order chi connectivity index (χ0) is 25.3. The van der Waals surface area contributed by atoms with Crippen LogP contribution in [0.3, 0.4) is 0 Å². The molecule has 0 aromatic carbocycles. The number of hydrogen-bond acceptors (Lipinski definition) is 8. The second-order valence-corrected chi connectivity index (χ2v) is 8.92. The van der Waals surface area contributed by atoms with E-state index in [-0.39, 0.29) is 43.2 Å². The molecule has 0 saturated carbocycles. The van der Waals surface area contributed by atoms with Crippen LogP contribution in [0.25, 0.3) is 0 Å². The highest BCUT2D eigenvalue weighted by Crippen LogP contribution is 2.26. The lowest BCUT2D eigenvalue weighted by Crippen LogP contribution is -2.18. The molecule has 4 heterocycles. The molecule has 1 N–H and O–H groups in total. The molecule has 1 aliphatic rings. The zero-order valence-corrected chi connectivity index (χ0v) is 20.3. The largest absolute Gasteiger partial charge is 0.381 e. The van der Waals surface area contributed by atoms with Crippen molar-refractivity contribution in [2.24, 2.45) is 0 Å². The van der Waals surface area contributed by atoms with E-state index in [1.807, 2.05) is 12.1 Å². The van der Waals surface area contributed by atoms with Crippen LogP contribution in [-0.4, -0.2) is 68.3 Å². The summed E-state index contributed by atoms with van der Waals surface area (Å²) in [5.41, 5.74) is 3.33. The number of ketones is 1. The first-order valence-electron chi connectivity index (χ1n) is 12.1. The summed E-state index contributed by atoms with van der Waals surface area (Å²) in [4.78, 5) is 28.5. The number of ether oxygens (including phenoxy) is 1. The van der Waals surface area contributed by atoms with Gasteiger partial charge in [0.1, 0.15) is 12.0 Å². The van der Waals surface area contributed by atoms with Gasteiger partial charge in [-0.25, -0.2) is 9.07 Å². The van der Waals surface area contributed by atoms with E-state index in [1.54, 1.807) is 18.3 Å². The number of nitrogens with zero attached hydrogens (tertiary/aromatic N) is 6. The first-order chi connectivity index (χ1) is 17.5. The van der Waals surface area contributed by atoms with Gasteiger partial charge in [0.2, 0.25) is 0 Å². The van der Waals surface area contributed by atoms with E-state index in [4.69, 9.17) is 4.74 Å². The fourth-order valence-corrected chi connectivity index (χ4v) is 4.18. The molecule has 0 spiro atoms. The van der Waals surface area contributed by atoms with Crippen molar-refractivity contribution < 1.29 is 18.7 Å². The lowest BCUT2D eigenvalue weighted by molar-refractivity contribution is -0.117. The van der Waals surface area contributed by atoms with Crippen LogP contribution in [0.1, 0.15) is 58.3 Å². The third-order valence-corrected chi connectivity index (χ3v) is 6.16. The van der Waals surface area contributed by atoms with Crippen molar-refractivity contribution in [1.29, 1.82) is 0 Å². The van der Waals surface area contributed by atoms with E-state index in [0.717, 1.165) is 31.7 Å². The van der Waals surface area contributed by atoms with Gasteiger partial charge in [0.15, 0.2) is 5.69 Å². The van der Waals surface area contributed by atoms with Crippen LogP contribution in [0, 0.1) is 0 Å². The lowest BCUT2D eigenvalue weighted by Gasteiger charge is -2.22. The summed E-state index contributed by atoms with van der Waals surface area (Å²) in [6, 6.07) is 7.57. The number of rotatable bonds is 11. The van der Waals surface area contributed by atoms with Gasteiger partial charge in [-0.05, 0) is 61.4 Å². The monoisotopic (exact) mass is 495 g/mol. The van der Waals surface area contributed by atoms with Crippen LogP contribution in [-0.2, 0) is 35.3 Å². The minimum atomic E-state index is -1.18. The molecular formula is C25H30FN7O3. The molecule has 0 radical (unpaired) electrons. The molecule has 0 bridgehead atoms. The Bertz CT molecular complexity index is 1160. The minimum absolute atomic E-state index is 0.00618. The quantitative estimate of drug-likeness (QED) is 0.429. The summed E-state index contributed by atoms with van der Waals surface area (Å²) < 4.78 is 21.1. The van der Waals surface area contributed by atoms with Crippen LogP contribution >= 0.6 is 0 Å². The van der Waals surface area contributed by atoms with E-state index in [2.05, 4.69) is 30.8 Å². The van der Waals surface area contributed by atoms with E-state index in [9.17, 15) is 14.0 Å². The molecule has 36 heavy (non-hydrogen) atoms. The van der Waals surface area contributed by atoms with Crippen LogP contribution in [0.15, 0.2) is 36.7 Å². The van der Waals surface area contributed by atoms with Gasteiger partial charge in [-0.3, -0.25) is 14.6 Å². The first kappa shape index (κ1) is 25.5. The number of nitrogens with one attached hydrogen (secondary N) is 1. The average molecular weight is 496 g/mol. The van der Waals surface area contributed by atoms with Gasteiger partial charge < -0.3 is 10.1 Å². The molecule has 190 valence electrons.